The fourth-order valence-electron chi connectivity index (χ4n) is 0.723. The standard InChI is InChI=1S/C6H11N3/c1-4-6(3)7-5(2)8-9-6/h4H2,1-3H3. The molecular formula is C6H11N3. The summed E-state index contributed by atoms with van der Waals surface area (Å²) in [6.45, 7) is 5.90. The van der Waals surface area contributed by atoms with Crippen LogP contribution in [0, 0.1) is 0 Å². The minimum Gasteiger partial charge on any atom is -0.237 e. The first-order valence-corrected chi connectivity index (χ1v) is 3.16. The van der Waals surface area contributed by atoms with Gasteiger partial charge in [0, 0.05) is 0 Å². The van der Waals surface area contributed by atoms with Gasteiger partial charge in [0.25, 0.3) is 0 Å². The number of hydrogen-bond acceptors (Lipinski definition) is 3. The van der Waals surface area contributed by atoms with E-state index in [1.807, 2.05) is 13.8 Å². The molecule has 0 fully saturated rings. The highest BCUT2D eigenvalue weighted by Crippen LogP contribution is 2.22. The summed E-state index contributed by atoms with van der Waals surface area (Å²) in [5, 5.41) is 7.82. The van der Waals surface area contributed by atoms with Crippen LogP contribution in [0.15, 0.2) is 15.2 Å². The van der Waals surface area contributed by atoms with Crippen molar-refractivity contribution in [2.75, 3.05) is 0 Å². The maximum atomic E-state index is 4.22. The first kappa shape index (κ1) is 6.39. The van der Waals surface area contributed by atoms with Crippen molar-refractivity contribution in [1.29, 1.82) is 0 Å². The molecule has 0 saturated carbocycles. The van der Waals surface area contributed by atoms with E-state index >= 15 is 0 Å². The fourth-order valence-corrected chi connectivity index (χ4v) is 0.723. The van der Waals surface area contributed by atoms with Crippen molar-refractivity contribution in [3.63, 3.8) is 0 Å². The highest BCUT2D eigenvalue weighted by molar-refractivity contribution is 5.81. The van der Waals surface area contributed by atoms with Gasteiger partial charge in [-0.3, -0.25) is 0 Å². The Morgan fingerprint density at radius 1 is 1.56 bits per heavy atom. The fraction of sp³-hybridized carbons (Fsp3) is 0.833. The number of aliphatic imine (C=N–C) groups is 1. The van der Waals surface area contributed by atoms with Crippen LogP contribution in [0.25, 0.3) is 0 Å². The number of rotatable bonds is 1. The van der Waals surface area contributed by atoms with E-state index in [4.69, 9.17) is 0 Å². The zero-order valence-electron chi connectivity index (χ0n) is 6.05. The van der Waals surface area contributed by atoms with Crippen molar-refractivity contribution in [1.82, 2.24) is 0 Å². The molecular weight excluding hydrogens is 114 g/mol. The Balaban J connectivity index is 2.78. The summed E-state index contributed by atoms with van der Waals surface area (Å²) in [6.07, 6.45) is 0.924. The average Bonchev–Trinajstić information content (AvgIpc) is 2.13. The molecule has 0 aliphatic carbocycles. The Morgan fingerprint density at radius 3 is 2.44 bits per heavy atom. The highest BCUT2D eigenvalue weighted by atomic mass is 15.3. The third kappa shape index (κ3) is 1.15. The normalized spacial score (nSPS) is 33.0. The highest BCUT2D eigenvalue weighted by Gasteiger charge is 2.23. The van der Waals surface area contributed by atoms with Gasteiger partial charge in [0.05, 0.1) is 0 Å². The Hall–Kier alpha value is -0.730. The molecule has 0 amide bonds. The van der Waals surface area contributed by atoms with Gasteiger partial charge in [-0.05, 0) is 20.3 Å². The van der Waals surface area contributed by atoms with Gasteiger partial charge in [-0.25, -0.2) is 4.99 Å². The Labute approximate surface area is 54.9 Å². The molecule has 3 nitrogen and oxygen atoms in total. The third-order valence-corrected chi connectivity index (χ3v) is 1.48. The lowest BCUT2D eigenvalue weighted by atomic mass is 10.2. The first-order valence-electron chi connectivity index (χ1n) is 3.16. The van der Waals surface area contributed by atoms with Crippen molar-refractivity contribution in [2.24, 2.45) is 15.2 Å². The predicted molar refractivity (Wildman–Crippen MR) is 36.7 cm³/mol. The SMILES string of the molecule is CCC1(C)N=NC(C)=N1. The lowest BCUT2D eigenvalue weighted by molar-refractivity contribution is 0.478. The molecule has 0 saturated heterocycles. The lowest BCUT2D eigenvalue weighted by Gasteiger charge is -2.10. The molecule has 0 aromatic carbocycles. The minimum absolute atomic E-state index is 0.246. The van der Waals surface area contributed by atoms with Crippen LogP contribution >= 0.6 is 0 Å². The summed E-state index contributed by atoms with van der Waals surface area (Å²) in [7, 11) is 0. The summed E-state index contributed by atoms with van der Waals surface area (Å²) in [5.74, 6) is 0.791. The smallest absolute Gasteiger partial charge is 0.170 e. The van der Waals surface area contributed by atoms with E-state index in [9.17, 15) is 0 Å². The van der Waals surface area contributed by atoms with Gasteiger partial charge < -0.3 is 0 Å². The average molecular weight is 125 g/mol. The summed E-state index contributed by atoms with van der Waals surface area (Å²) >= 11 is 0. The molecule has 0 N–H and O–H groups in total. The number of amidine groups is 1. The van der Waals surface area contributed by atoms with Crippen molar-refractivity contribution < 1.29 is 0 Å². The van der Waals surface area contributed by atoms with Crippen molar-refractivity contribution in [2.45, 2.75) is 32.9 Å². The molecule has 1 rings (SSSR count). The molecule has 50 valence electrons. The van der Waals surface area contributed by atoms with Gasteiger partial charge in [-0.1, -0.05) is 6.92 Å². The molecule has 1 unspecified atom stereocenters. The number of hydrogen-bond donors (Lipinski definition) is 0. The van der Waals surface area contributed by atoms with E-state index in [1.165, 1.54) is 0 Å². The van der Waals surface area contributed by atoms with Crippen molar-refractivity contribution in [3.05, 3.63) is 0 Å². The molecule has 1 heterocycles. The second-order valence-corrected chi connectivity index (χ2v) is 2.43. The molecule has 3 heteroatoms. The Kier molecular flexibility index (Phi) is 1.35. The lowest BCUT2D eigenvalue weighted by Crippen LogP contribution is -2.13. The zero-order chi connectivity index (χ0) is 6.91. The summed E-state index contributed by atoms with van der Waals surface area (Å²) in [5.41, 5.74) is -0.246. The molecule has 1 atom stereocenters. The van der Waals surface area contributed by atoms with Gasteiger partial charge in [0.15, 0.2) is 5.66 Å². The molecule has 0 spiro atoms. The molecule has 0 bridgehead atoms. The van der Waals surface area contributed by atoms with E-state index < -0.39 is 0 Å². The van der Waals surface area contributed by atoms with Gasteiger partial charge >= 0.3 is 0 Å². The third-order valence-electron chi connectivity index (χ3n) is 1.48. The molecule has 0 aromatic rings. The van der Waals surface area contributed by atoms with Crippen LogP contribution in [0.5, 0.6) is 0 Å². The zero-order valence-corrected chi connectivity index (χ0v) is 6.05. The molecule has 1 aliphatic rings. The number of nitrogens with zero attached hydrogens (tertiary/aromatic N) is 3. The molecule has 0 aromatic heterocycles. The second kappa shape index (κ2) is 1.90. The molecule has 9 heavy (non-hydrogen) atoms. The molecule has 1 aliphatic heterocycles. The van der Waals surface area contributed by atoms with Crippen LogP contribution in [0.4, 0.5) is 0 Å². The monoisotopic (exact) mass is 125 g/mol. The van der Waals surface area contributed by atoms with Crippen molar-refractivity contribution >= 4 is 5.84 Å². The van der Waals surface area contributed by atoms with Crippen LogP contribution in [0.3, 0.4) is 0 Å². The van der Waals surface area contributed by atoms with E-state index in [-0.39, 0.29) is 5.66 Å². The quantitative estimate of drug-likeness (QED) is 0.514. The first-order chi connectivity index (χ1) is 4.16. The van der Waals surface area contributed by atoms with E-state index in [1.54, 1.807) is 0 Å². The van der Waals surface area contributed by atoms with Gasteiger partial charge in [-0.2, -0.15) is 5.11 Å². The largest absolute Gasteiger partial charge is 0.237 e. The second-order valence-electron chi connectivity index (χ2n) is 2.43. The summed E-state index contributed by atoms with van der Waals surface area (Å²) in [4.78, 5) is 4.22. The maximum absolute atomic E-state index is 4.22. The van der Waals surface area contributed by atoms with Crippen LogP contribution < -0.4 is 0 Å². The Morgan fingerprint density at radius 2 is 2.22 bits per heavy atom. The van der Waals surface area contributed by atoms with E-state index in [0.29, 0.717) is 0 Å². The predicted octanol–water partition coefficient (Wildman–Crippen LogP) is 2.00. The van der Waals surface area contributed by atoms with E-state index in [0.717, 1.165) is 12.3 Å². The topological polar surface area (TPSA) is 37.1 Å². The Bertz CT molecular complexity index is 171. The van der Waals surface area contributed by atoms with Crippen LogP contribution in [-0.2, 0) is 0 Å². The van der Waals surface area contributed by atoms with Crippen LogP contribution in [-0.4, -0.2) is 11.5 Å². The van der Waals surface area contributed by atoms with Crippen LogP contribution in [0.2, 0.25) is 0 Å². The van der Waals surface area contributed by atoms with Crippen LogP contribution in [0.1, 0.15) is 27.2 Å². The molecule has 0 radical (unpaired) electrons. The summed E-state index contributed by atoms with van der Waals surface area (Å²) in [6, 6.07) is 0. The van der Waals surface area contributed by atoms with Crippen molar-refractivity contribution in [3.8, 4) is 0 Å². The van der Waals surface area contributed by atoms with Gasteiger partial charge in [-0.15, -0.1) is 5.11 Å². The van der Waals surface area contributed by atoms with E-state index in [2.05, 4.69) is 22.1 Å². The minimum atomic E-state index is -0.246. The maximum Gasteiger partial charge on any atom is 0.170 e. The number of azo groups is 1. The van der Waals surface area contributed by atoms with Gasteiger partial charge in [0.1, 0.15) is 5.84 Å². The summed E-state index contributed by atoms with van der Waals surface area (Å²) < 4.78 is 0. The van der Waals surface area contributed by atoms with Gasteiger partial charge in [0.2, 0.25) is 0 Å².